The van der Waals surface area contributed by atoms with E-state index in [0.29, 0.717) is 15.8 Å². The van der Waals surface area contributed by atoms with Crippen LogP contribution in [0, 0.1) is 0 Å². The minimum absolute atomic E-state index is 0.0931. The molecule has 5 nitrogen and oxygen atoms in total. The molecular weight excluding hydrogens is 328 g/mol. The molecule has 1 fully saturated rings. The van der Waals surface area contributed by atoms with Crippen LogP contribution in [-0.4, -0.2) is 36.4 Å². The summed E-state index contributed by atoms with van der Waals surface area (Å²) in [6.45, 7) is 4.08. The maximum Gasteiger partial charge on any atom is 0.266 e. The van der Waals surface area contributed by atoms with E-state index in [4.69, 9.17) is 12.2 Å². The molecule has 0 unspecified atom stereocenters. The zero-order valence-corrected chi connectivity index (χ0v) is 14.1. The van der Waals surface area contributed by atoms with Gasteiger partial charge in [-0.15, -0.1) is 6.58 Å². The van der Waals surface area contributed by atoms with Crippen LogP contribution in [0.25, 0.3) is 17.3 Å². The number of aryl methyl sites for hydroxylation is 1. The highest BCUT2D eigenvalue weighted by atomic mass is 32.2. The first-order valence-corrected chi connectivity index (χ1v) is 8.13. The Morgan fingerprint density at radius 3 is 2.83 bits per heavy atom. The minimum Gasteiger partial charge on any atom is -0.289 e. The molecular formula is C16H14N4OS2. The van der Waals surface area contributed by atoms with Gasteiger partial charge in [0.1, 0.15) is 4.32 Å². The highest BCUT2D eigenvalue weighted by Crippen LogP contribution is 2.34. The molecule has 2 aromatic heterocycles. The van der Waals surface area contributed by atoms with Gasteiger partial charge < -0.3 is 0 Å². The van der Waals surface area contributed by atoms with Crippen LogP contribution in [-0.2, 0) is 11.8 Å². The lowest BCUT2D eigenvalue weighted by molar-refractivity contribution is -0.121. The van der Waals surface area contributed by atoms with Crippen LogP contribution in [0.2, 0.25) is 0 Å². The number of carbonyl (C=O) groups excluding carboxylic acids is 1. The van der Waals surface area contributed by atoms with Crippen molar-refractivity contribution in [3.8, 4) is 11.3 Å². The van der Waals surface area contributed by atoms with E-state index in [0.717, 1.165) is 16.8 Å². The first-order chi connectivity index (χ1) is 11.1. The maximum atomic E-state index is 12.4. The molecule has 116 valence electrons. The Balaban J connectivity index is 1.99. The van der Waals surface area contributed by atoms with E-state index in [1.165, 1.54) is 11.8 Å². The number of carbonyl (C=O) groups is 1. The Morgan fingerprint density at radius 2 is 2.13 bits per heavy atom. The molecule has 1 aliphatic heterocycles. The number of rotatable bonds is 4. The second-order valence-electron chi connectivity index (χ2n) is 4.92. The minimum atomic E-state index is -0.0931. The molecule has 7 heteroatoms. The molecule has 3 rings (SSSR count). The van der Waals surface area contributed by atoms with Gasteiger partial charge in [0, 0.05) is 43.3 Å². The predicted molar refractivity (Wildman–Crippen MR) is 96.5 cm³/mol. The number of amides is 1. The van der Waals surface area contributed by atoms with Crippen LogP contribution < -0.4 is 0 Å². The van der Waals surface area contributed by atoms with Crippen molar-refractivity contribution in [2.24, 2.45) is 7.05 Å². The number of hydrogen-bond acceptors (Lipinski definition) is 5. The van der Waals surface area contributed by atoms with Crippen molar-refractivity contribution >= 4 is 40.3 Å². The fourth-order valence-electron chi connectivity index (χ4n) is 2.27. The van der Waals surface area contributed by atoms with E-state index in [-0.39, 0.29) is 5.91 Å². The van der Waals surface area contributed by atoms with Crippen molar-refractivity contribution in [3.63, 3.8) is 0 Å². The highest BCUT2D eigenvalue weighted by molar-refractivity contribution is 8.26. The van der Waals surface area contributed by atoms with Gasteiger partial charge in [0.15, 0.2) is 0 Å². The van der Waals surface area contributed by atoms with Crippen LogP contribution in [0.3, 0.4) is 0 Å². The van der Waals surface area contributed by atoms with E-state index in [2.05, 4.69) is 16.7 Å². The van der Waals surface area contributed by atoms with Crippen LogP contribution >= 0.6 is 24.0 Å². The van der Waals surface area contributed by atoms with Gasteiger partial charge in [-0.25, -0.2) is 0 Å². The number of nitrogens with zero attached hydrogens (tertiary/aromatic N) is 4. The third-order valence-electron chi connectivity index (χ3n) is 3.28. The number of thiocarbonyl (C=S) groups is 1. The Labute approximate surface area is 143 Å². The molecule has 1 saturated heterocycles. The Kier molecular flexibility index (Phi) is 4.40. The van der Waals surface area contributed by atoms with Crippen LogP contribution in [0.1, 0.15) is 5.56 Å². The van der Waals surface area contributed by atoms with Gasteiger partial charge in [-0.2, -0.15) is 5.10 Å². The van der Waals surface area contributed by atoms with Gasteiger partial charge >= 0.3 is 0 Å². The molecule has 3 heterocycles. The van der Waals surface area contributed by atoms with E-state index in [9.17, 15) is 4.79 Å². The lowest BCUT2D eigenvalue weighted by Gasteiger charge is -2.10. The van der Waals surface area contributed by atoms with Crippen molar-refractivity contribution in [3.05, 3.63) is 53.8 Å². The quantitative estimate of drug-likeness (QED) is 0.486. The summed E-state index contributed by atoms with van der Waals surface area (Å²) >= 11 is 6.56. The van der Waals surface area contributed by atoms with Crippen molar-refractivity contribution in [1.82, 2.24) is 19.7 Å². The van der Waals surface area contributed by atoms with Gasteiger partial charge in [-0.05, 0) is 18.2 Å². The molecule has 0 saturated carbocycles. The van der Waals surface area contributed by atoms with E-state index in [1.54, 1.807) is 28.1 Å². The van der Waals surface area contributed by atoms with Crippen molar-refractivity contribution in [2.45, 2.75) is 0 Å². The molecule has 2 aromatic rings. The first kappa shape index (κ1) is 15.6. The van der Waals surface area contributed by atoms with E-state index < -0.39 is 0 Å². The molecule has 1 aliphatic rings. The molecule has 0 radical (unpaired) electrons. The van der Waals surface area contributed by atoms with Gasteiger partial charge in [0.25, 0.3) is 5.91 Å². The van der Waals surface area contributed by atoms with Crippen LogP contribution in [0.15, 0.2) is 48.3 Å². The fourth-order valence-corrected chi connectivity index (χ4v) is 3.54. The Bertz CT molecular complexity index is 811. The summed E-state index contributed by atoms with van der Waals surface area (Å²) in [6, 6.07) is 3.78. The molecule has 0 atom stereocenters. The SMILES string of the molecule is C=CCN1C(=O)C(=Cc2cn(C)nc2-c2ccncc2)SC1=S. The number of pyridine rings is 1. The molecule has 23 heavy (non-hydrogen) atoms. The highest BCUT2D eigenvalue weighted by Gasteiger charge is 2.31. The largest absolute Gasteiger partial charge is 0.289 e. The molecule has 1 amide bonds. The molecule has 0 N–H and O–H groups in total. The summed E-state index contributed by atoms with van der Waals surface area (Å²) in [7, 11) is 1.85. The van der Waals surface area contributed by atoms with Gasteiger partial charge in [-0.3, -0.25) is 19.4 Å². The molecule has 0 bridgehead atoms. The monoisotopic (exact) mass is 342 g/mol. The van der Waals surface area contributed by atoms with Crippen molar-refractivity contribution in [2.75, 3.05) is 6.54 Å². The second kappa shape index (κ2) is 6.47. The third kappa shape index (κ3) is 3.11. The maximum absolute atomic E-state index is 12.4. The molecule has 0 aromatic carbocycles. The topological polar surface area (TPSA) is 51.0 Å². The summed E-state index contributed by atoms with van der Waals surface area (Å²) in [5.74, 6) is -0.0931. The average molecular weight is 342 g/mol. The standard InChI is InChI=1S/C16H14N4OS2/c1-3-8-20-15(21)13(23-16(20)22)9-12-10-19(2)18-14(12)11-4-6-17-7-5-11/h3-7,9-10H,1,8H2,2H3. The third-order valence-corrected chi connectivity index (χ3v) is 4.66. The number of thioether (sulfide) groups is 1. The zero-order chi connectivity index (χ0) is 16.4. The lowest BCUT2D eigenvalue weighted by Crippen LogP contribution is -2.27. The normalized spacial score (nSPS) is 16.4. The van der Waals surface area contributed by atoms with Crippen molar-refractivity contribution in [1.29, 1.82) is 0 Å². The Hall–Kier alpha value is -2.25. The van der Waals surface area contributed by atoms with Crippen molar-refractivity contribution < 1.29 is 4.79 Å². The van der Waals surface area contributed by atoms with Crippen LogP contribution in [0.5, 0.6) is 0 Å². The first-order valence-electron chi connectivity index (χ1n) is 6.90. The summed E-state index contributed by atoms with van der Waals surface area (Å²) in [4.78, 5) is 18.6. The predicted octanol–water partition coefficient (Wildman–Crippen LogP) is 2.87. The smallest absolute Gasteiger partial charge is 0.266 e. The molecule has 0 spiro atoms. The summed E-state index contributed by atoms with van der Waals surface area (Å²) in [5, 5.41) is 4.48. The number of aromatic nitrogens is 3. The van der Waals surface area contributed by atoms with Gasteiger partial charge in [0.2, 0.25) is 0 Å². The average Bonchev–Trinajstić information content (AvgIpc) is 3.03. The zero-order valence-electron chi connectivity index (χ0n) is 12.5. The lowest BCUT2D eigenvalue weighted by atomic mass is 10.1. The second-order valence-corrected chi connectivity index (χ2v) is 6.60. The Morgan fingerprint density at radius 1 is 1.39 bits per heavy atom. The number of hydrogen-bond donors (Lipinski definition) is 0. The summed E-state index contributed by atoms with van der Waals surface area (Å²) in [6.07, 6.45) is 8.83. The summed E-state index contributed by atoms with van der Waals surface area (Å²) in [5.41, 5.74) is 2.63. The molecule has 0 aliphatic carbocycles. The summed E-state index contributed by atoms with van der Waals surface area (Å²) < 4.78 is 2.28. The fraction of sp³-hybridized carbons (Fsp3) is 0.125. The van der Waals surface area contributed by atoms with E-state index in [1.807, 2.05) is 31.5 Å². The van der Waals surface area contributed by atoms with Crippen LogP contribution in [0.4, 0.5) is 0 Å². The van der Waals surface area contributed by atoms with Gasteiger partial charge in [0.05, 0.1) is 10.6 Å². The van der Waals surface area contributed by atoms with E-state index >= 15 is 0 Å². The van der Waals surface area contributed by atoms with Gasteiger partial charge in [-0.1, -0.05) is 30.1 Å².